The summed E-state index contributed by atoms with van der Waals surface area (Å²) < 4.78 is 7.27. The summed E-state index contributed by atoms with van der Waals surface area (Å²) in [5.74, 6) is 1.67. The van der Waals surface area contributed by atoms with Gasteiger partial charge in [0.05, 0.1) is 5.69 Å². The van der Waals surface area contributed by atoms with E-state index < -0.39 is 0 Å². The van der Waals surface area contributed by atoms with Gasteiger partial charge in [0.2, 0.25) is 11.7 Å². The van der Waals surface area contributed by atoms with Crippen LogP contribution in [0.15, 0.2) is 33.8 Å². The molecule has 9 heteroatoms. The van der Waals surface area contributed by atoms with Gasteiger partial charge in [0, 0.05) is 35.9 Å². The Morgan fingerprint density at radius 1 is 1.27 bits per heavy atom. The van der Waals surface area contributed by atoms with Gasteiger partial charge in [-0.1, -0.05) is 16.8 Å². The zero-order chi connectivity index (χ0) is 21.7. The molecular formula is C21H28ClN7O. The Balaban J connectivity index is 1.65. The summed E-state index contributed by atoms with van der Waals surface area (Å²) in [6.07, 6.45) is 0.858. The van der Waals surface area contributed by atoms with Gasteiger partial charge < -0.3 is 15.2 Å². The van der Waals surface area contributed by atoms with Crippen molar-refractivity contribution in [1.29, 1.82) is 0 Å². The summed E-state index contributed by atoms with van der Waals surface area (Å²) in [6.45, 7) is 9.33. The molecule has 160 valence electrons. The number of nitrogens with zero attached hydrogens (tertiary/aromatic N) is 5. The summed E-state index contributed by atoms with van der Waals surface area (Å²) in [7, 11) is 1.97. The van der Waals surface area contributed by atoms with Crippen LogP contribution in [0.1, 0.15) is 36.7 Å². The van der Waals surface area contributed by atoms with Crippen LogP contribution < -0.4 is 10.6 Å². The summed E-state index contributed by atoms with van der Waals surface area (Å²) in [5, 5.41) is 15.9. The third-order valence-corrected chi connectivity index (χ3v) is 5.09. The summed E-state index contributed by atoms with van der Waals surface area (Å²) >= 11 is 5.93. The predicted octanol–water partition coefficient (Wildman–Crippen LogP) is 3.43. The lowest BCUT2D eigenvalue weighted by atomic mass is 10.1. The van der Waals surface area contributed by atoms with E-state index in [1.807, 2.05) is 37.7 Å². The van der Waals surface area contributed by atoms with Crippen molar-refractivity contribution in [3.05, 3.63) is 52.1 Å². The molecule has 0 aliphatic heterocycles. The number of benzene rings is 1. The number of halogens is 1. The van der Waals surface area contributed by atoms with Crippen LogP contribution in [-0.4, -0.2) is 38.5 Å². The number of rotatable bonds is 7. The summed E-state index contributed by atoms with van der Waals surface area (Å²) in [5.41, 5.74) is 4.35. The third-order valence-electron chi connectivity index (χ3n) is 4.84. The van der Waals surface area contributed by atoms with E-state index in [4.69, 9.17) is 16.1 Å². The van der Waals surface area contributed by atoms with Crippen molar-refractivity contribution in [3.63, 3.8) is 0 Å². The van der Waals surface area contributed by atoms with Crippen LogP contribution in [0.2, 0.25) is 5.02 Å². The van der Waals surface area contributed by atoms with E-state index in [-0.39, 0.29) is 12.6 Å². The number of nitrogens with one attached hydrogen (secondary N) is 2. The molecule has 0 saturated carbocycles. The van der Waals surface area contributed by atoms with Gasteiger partial charge >= 0.3 is 0 Å². The molecule has 2 N–H and O–H groups in total. The van der Waals surface area contributed by atoms with E-state index in [1.165, 1.54) is 11.3 Å². The molecule has 0 aliphatic carbocycles. The molecule has 0 saturated heterocycles. The average molecular weight is 430 g/mol. The molecular weight excluding hydrogens is 402 g/mol. The Hall–Kier alpha value is -2.87. The van der Waals surface area contributed by atoms with E-state index in [0.29, 0.717) is 22.7 Å². The lowest BCUT2D eigenvalue weighted by molar-refractivity contribution is 0.380. The molecule has 0 spiro atoms. The van der Waals surface area contributed by atoms with Crippen molar-refractivity contribution < 1.29 is 4.52 Å². The molecule has 0 radical (unpaired) electrons. The largest absolute Gasteiger partial charge is 0.357 e. The Labute approximate surface area is 181 Å². The number of hydrogen-bond acceptors (Lipinski definition) is 5. The van der Waals surface area contributed by atoms with Crippen LogP contribution in [0.4, 0.5) is 0 Å². The normalized spacial score (nSPS) is 12.8. The van der Waals surface area contributed by atoms with Crippen LogP contribution in [0, 0.1) is 13.8 Å². The van der Waals surface area contributed by atoms with E-state index in [1.54, 1.807) is 12.1 Å². The molecule has 8 nitrogen and oxygen atoms in total. The Bertz CT molecular complexity index is 1010. The first-order valence-corrected chi connectivity index (χ1v) is 10.4. The van der Waals surface area contributed by atoms with E-state index >= 15 is 0 Å². The number of aliphatic imine (C=N–C) groups is 1. The summed E-state index contributed by atoms with van der Waals surface area (Å²) in [6, 6.07) is 7.49. The van der Waals surface area contributed by atoms with Crippen molar-refractivity contribution >= 4 is 17.6 Å². The summed E-state index contributed by atoms with van der Waals surface area (Å²) in [4.78, 5) is 9.01. The molecule has 2 aromatic heterocycles. The molecule has 1 aromatic carbocycles. The SMILES string of the molecule is CCNC(=NCc1nc(-c2ccc(Cl)cc2)no1)NC(C)Cc1c(C)nn(C)c1C. The molecule has 2 heterocycles. The zero-order valence-corrected chi connectivity index (χ0v) is 18.8. The van der Waals surface area contributed by atoms with Crippen molar-refractivity contribution in [1.82, 2.24) is 30.6 Å². The van der Waals surface area contributed by atoms with Gasteiger partial charge in [-0.15, -0.1) is 0 Å². The average Bonchev–Trinajstić information content (AvgIpc) is 3.27. The smallest absolute Gasteiger partial charge is 0.248 e. The molecule has 0 bridgehead atoms. The lowest BCUT2D eigenvalue weighted by Gasteiger charge is -2.18. The first-order chi connectivity index (χ1) is 14.4. The fraction of sp³-hybridized carbons (Fsp3) is 0.429. The highest BCUT2D eigenvalue weighted by Gasteiger charge is 2.14. The van der Waals surface area contributed by atoms with Crippen LogP contribution in [0.5, 0.6) is 0 Å². The van der Waals surface area contributed by atoms with Gasteiger partial charge in [-0.2, -0.15) is 10.1 Å². The van der Waals surface area contributed by atoms with Crippen LogP contribution in [0.25, 0.3) is 11.4 Å². The highest BCUT2D eigenvalue weighted by Crippen LogP contribution is 2.19. The van der Waals surface area contributed by atoms with Crippen molar-refractivity contribution in [3.8, 4) is 11.4 Å². The zero-order valence-electron chi connectivity index (χ0n) is 18.0. The number of hydrogen-bond donors (Lipinski definition) is 2. The van der Waals surface area contributed by atoms with Crippen LogP contribution in [0.3, 0.4) is 0 Å². The number of aromatic nitrogens is 4. The minimum Gasteiger partial charge on any atom is -0.357 e. The fourth-order valence-electron chi connectivity index (χ4n) is 3.21. The van der Waals surface area contributed by atoms with Gasteiger partial charge in [0.15, 0.2) is 5.96 Å². The van der Waals surface area contributed by atoms with Crippen LogP contribution >= 0.6 is 11.6 Å². The molecule has 1 unspecified atom stereocenters. The first kappa shape index (κ1) is 21.8. The van der Waals surface area contributed by atoms with E-state index in [2.05, 4.69) is 44.7 Å². The maximum absolute atomic E-state index is 5.93. The molecule has 0 aliphatic rings. The maximum Gasteiger partial charge on any atom is 0.248 e. The highest BCUT2D eigenvalue weighted by atomic mass is 35.5. The second-order valence-corrected chi connectivity index (χ2v) is 7.67. The topological polar surface area (TPSA) is 93.2 Å². The highest BCUT2D eigenvalue weighted by molar-refractivity contribution is 6.30. The monoisotopic (exact) mass is 429 g/mol. The standard InChI is InChI=1S/C21H28ClN7O/c1-6-23-21(25-13(2)11-18-14(3)27-29(5)15(18)4)24-12-19-26-20(28-30-19)16-7-9-17(22)10-8-16/h7-10,13H,6,11-12H2,1-5H3,(H2,23,24,25). The fourth-order valence-corrected chi connectivity index (χ4v) is 3.33. The minimum absolute atomic E-state index is 0.178. The molecule has 3 aromatic rings. The van der Waals surface area contributed by atoms with Crippen molar-refractivity contribution in [2.45, 2.75) is 46.7 Å². The lowest BCUT2D eigenvalue weighted by Crippen LogP contribution is -2.43. The number of aryl methyl sites for hydroxylation is 2. The Kier molecular flexibility index (Phi) is 7.10. The van der Waals surface area contributed by atoms with Gasteiger partial charge in [0.25, 0.3) is 0 Å². The Morgan fingerprint density at radius 2 is 2.00 bits per heavy atom. The first-order valence-electron chi connectivity index (χ1n) is 9.99. The van der Waals surface area contributed by atoms with E-state index in [9.17, 15) is 0 Å². The second kappa shape index (κ2) is 9.75. The molecule has 30 heavy (non-hydrogen) atoms. The molecule has 0 fully saturated rings. The van der Waals surface area contributed by atoms with E-state index in [0.717, 1.165) is 24.2 Å². The predicted molar refractivity (Wildman–Crippen MR) is 119 cm³/mol. The third kappa shape index (κ3) is 5.38. The Morgan fingerprint density at radius 3 is 2.63 bits per heavy atom. The maximum atomic E-state index is 5.93. The molecule has 1 atom stereocenters. The second-order valence-electron chi connectivity index (χ2n) is 7.24. The minimum atomic E-state index is 0.178. The van der Waals surface area contributed by atoms with Crippen molar-refractivity contribution in [2.75, 3.05) is 6.54 Å². The molecule has 0 amide bonds. The molecule has 3 rings (SSSR count). The van der Waals surface area contributed by atoms with Gasteiger partial charge in [0.1, 0.15) is 6.54 Å². The quantitative estimate of drug-likeness (QED) is 0.441. The van der Waals surface area contributed by atoms with Crippen molar-refractivity contribution in [2.24, 2.45) is 12.0 Å². The van der Waals surface area contributed by atoms with Crippen LogP contribution in [-0.2, 0) is 20.0 Å². The van der Waals surface area contributed by atoms with Gasteiger partial charge in [-0.25, -0.2) is 4.99 Å². The number of guanidine groups is 1. The van der Waals surface area contributed by atoms with Gasteiger partial charge in [-0.3, -0.25) is 4.68 Å². The van der Waals surface area contributed by atoms with Gasteiger partial charge in [-0.05, 0) is 63.9 Å².